The summed E-state index contributed by atoms with van der Waals surface area (Å²) in [5.74, 6) is -0.811. The van der Waals surface area contributed by atoms with Crippen LogP contribution in [0.5, 0.6) is 5.75 Å². The molecule has 0 bridgehead atoms. The van der Waals surface area contributed by atoms with Gasteiger partial charge >= 0.3 is 5.97 Å². The number of para-hydroxylation sites is 1. The summed E-state index contributed by atoms with van der Waals surface area (Å²) in [5.41, 5.74) is 1.05. The number of hydrogen-bond donors (Lipinski definition) is 1. The molecule has 0 radical (unpaired) electrons. The molecule has 7 nitrogen and oxygen atoms in total. The van der Waals surface area contributed by atoms with Crippen LogP contribution in [0.1, 0.15) is 77.7 Å². The van der Waals surface area contributed by atoms with Crippen molar-refractivity contribution in [2.24, 2.45) is 0 Å². The maximum absolute atomic E-state index is 13.7. The van der Waals surface area contributed by atoms with E-state index in [9.17, 15) is 9.59 Å². The lowest BCUT2D eigenvalue weighted by molar-refractivity contribution is -0.139. The molecule has 0 saturated carbocycles. The predicted molar refractivity (Wildman–Crippen MR) is 138 cm³/mol. The average molecular weight is 497 g/mol. The largest absolute Gasteiger partial charge is 0.480 e. The topological polar surface area (TPSA) is 81.0 Å². The van der Waals surface area contributed by atoms with Crippen molar-refractivity contribution >= 4 is 34.4 Å². The van der Waals surface area contributed by atoms with E-state index < -0.39 is 12.6 Å². The highest BCUT2D eigenvalue weighted by molar-refractivity contribution is 6.39. The molecule has 1 atom stereocenters. The van der Waals surface area contributed by atoms with Crippen molar-refractivity contribution in [1.82, 2.24) is 9.47 Å². The monoisotopic (exact) mass is 496 g/mol. The van der Waals surface area contributed by atoms with Gasteiger partial charge in [-0.25, -0.2) is 4.79 Å². The van der Waals surface area contributed by atoms with Crippen LogP contribution < -0.4 is 4.74 Å². The van der Waals surface area contributed by atoms with Gasteiger partial charge in [-0.1, -0.05) is 50.9 Å². The van der Waals surface area contributed by atoms with E-state index in [1.165, 1.54) is 6.42 Å². The first kappa shape index (κ1) is 29.8. The number of fused-ring (bicyclic) bond motifs is 1. The van der Waals surface area contributed by atoms with Crippen molar-refractivity contribution in [3.8, 4) is 5.75 Å². The van der Waals surface area contributed by atoms with Gasteiger partial charge in [0.15, 0.2) is 6.61 Å². The smallest absolute Gasteiger partial charge is 0.341 e. The molecule has 0 unspecified atom stereocenters. The number of nitrogens with zero attached hydrogens (tertiary/aromatic N) is 2. The van der Waals surface area contributed by atoms with E-state index in [2.05, 4.69) is 13.8 Å². The summed E-state index contributed by atoms with van der Waals surface area (Å²) >= 11 is 6.76. The first-order valence-electron chi connectivity index (χ1n) is 12.1. The molecule has 34 heavy (non-hydrogen) atoms. The molecule has 0 aliphatic heterocycles. The van der Waals surface area contributed by atoms with E-state index in [0.29, 0.717) is 40.5 Å². The van der Waals surface area contributed by atoms with Crippen LogP contribution in [0.2, 0.25) is 5.02 Å². The average Bonchev–Trinajstić information content (AvgIpc) is 3.07. The molecular weight excluding hydrogens is 456 g/mol. The summed E-state index contributed by atoms with van der Waals surface area (Å²) in [6.45, 7) is 13.0. The van der Waals surface area contributed by atoms with E-state index in [0.717, 1.165) is 19.3 Å². The molecule has 1 aromatic carbocycles. The van der Waals surface area contributed by atoms with Gasteiger partial charge in [-0.2, -0.15) is 0 Å². The highest BCUT2D eigenvalue weighted by atomic mass is 35.5. The Morgan fingerprint density at radius 1 is 1.15 bits per heavy atom. The Hall–Kier alpha value is -2.25. The molecule has 0 aliphatic rings. The van der Waals surface area contributed by atoms with Crippen molar-refractivity contribution in [3.05, 3.63) is 28.9 Å². The molecule has 192 valence electrons. The van der Waals surface area contributed by atoms with E-state index in [4.69, 9.17) is 26.2 Å². The van der Waals surface area contributed by atoms with Crippen LogP contribution in [0.15, 0.2) is 18.2 Å². The number of carboxylic acids is 1. The summed E-state index contributed by atoms with van der Waals surface area (Å²) in [4.78, 5) is 26.6. The minimum atomic E-state index is -1.07. The molecule has 2 aromatic rings. The molecule has 2 rings (SSSR count). The lowest BCUT2D eigenvalue weighted by atomic mass is 10.1. The van der Waals surface area contributed by atoms with Gasteiger partial charge in [-0.05, 0) is 46.1 Å². The van der Waals surface area contributed by atoms with Crippen molar-refractivity contribution in [2.75, 3.05) is 20.3 Å². The Labute approximate surface area is 209 Å². The number of aromatic nitrogens is 1. The second-order valence-electron chi connectivity index (χ2n) is 8.62. The number of aryl methyl sites for hydroxylation is 1. The number of rotatable bonds is 12. The Morgan fingerprint density at radius 3 is 2.32 bits per heavy atom. The molecule has 1 N–H and O–H groups in total. The zero-order valence-electron chi connectivity index (χ0n) is 21.7. The van der Waals surface area contributed by atoms with E-state index in [-0.39, 0.29) is 18.0 Å². The van der Waals surface area contributed by atoms with Crippen LogP contribution in [0.4, 0.5) is 0 Å². The van der Waals surface area contributed by atoms with Crippen molar-refractivity contribution in [2.45, 2.75) is 85.9 Å². The summed E-state index contributed by atoms with van der Waals surface area (Å²) in [6.07, 6.45) is 3.66. The molecule has 0 aliphatic carbocycles. The summed E-state index contributed by atoms with van der Waals surface area (Å²) in [5, 5.41) is 10.1. The predicted octanol–water partition coefficient (Wildman–Crippen LogP) is 6.25. The highest BCUT2D eigenvalue weighted by Crippen LogP contribution is 2.37. The van der Waals surface area contributed by atoms with Crippen LogP contribution in [0, 0.1) is 0 Å². The molecular formula is C26H41ClN2O5. The minimum absolute atomic E-state index is 0.00111. The van der Waals surface area contributed by atoms with Crippen LogP contribution in [-0.2, 0) is 16.1 Å². The number of carbonyl (C=O) groups excluding carboxylic acids is 1. The van der Waals surface area contributed by atoms with Gasteiger partial charge < -0.3 is 24.0 Å². The fourth-order valence-electron chi connectivity index (χ4n) is 3.80. The number of amides is 1. The molecule has 1 amide bonds. The number of benzene rings is 1. The van der Waals surface area contributed by atoms with Gasteiger partial charge in [0.05, 0.1) is 10.5 Å². The van der Waals surface area contributed by atoms with Crippen molar-refractivity contribution in [1.29, 1.82) is 0 Å². The molecule has 8 heteroatoms. The third-order valence-electron chi connectivity index (χ3n) is 5.37. The van der Waals surface area contributed by atoms with Crippen LogP contribution in [-0.4, -0.2) is 58.9 Å². The zero-order chi connectivity index (χ0) is 25.8. The quantitative estimate of drug-likeness (QED) is 0.351. The van der Waals surface area contributed by atoms with Crippen molar-refractivity contribution in [3.63, 3.8) is 0 Å². The lowest BCUT2D eigenvalue weighted by Gasteiger charge is -2.33. The minimum Gasteiger partial charge on any atom is -0.480 e. The standard InChI is InChI=1S/C23H33ClN2O5.C3H8/c1-6-16(4)26(15(2)3)23(29)22-20(24)17-10-9-11-18(31-14-19(27)28)21(17)25(22)12-7-8-13-30-5;1-3-2/h9-11,15-16H,6-8,12-14H2,1-5H3,(H,27,28);3H2,1-2H3/t16-;/m1./s1. The highest BCUT2D eigenvalue weighted by Gasteiger charge is 2.30. The third-order valence-corrected chi connectivity index (χ3v) is 5.76. The molecule has 0 fully saturated rings. The summed E-state index contributed by atoms with van der Waals surface area (Å²) < 4.78 is 12.6. The fourth-order valence-corrected chi connectivity index (χ4v) is 4.14. The Kier molecular flexibility index (Phi) is 13.0. The number of hydrogen-bond acceptors (Lipinski definition) is 4. The van der Waals surface area contributed by atoms with Gasteiger partial charge in [0, 0.05) is 37.7 Å². The first-order valence-corrected chi connectivity index (χ1v) is 12.5. The molecule has 0 saturated heterocycles. The third kappa shape index (κ3) is 7.64. The molecule has 1 aromatic heterocycles. The Bertz CT molecular complexity index is 926. The van der Waals surface area contributed by atoms with Gasteiger partial charge in [0.1, 0.15) is 11.4 Å². The van der Waals surface area contributed by atoms with Gasteiger partial charge in [0.25, 0.3) is 5.91 Å². The number of carboxylic acid groups (broad SMARTS) is 1. The fraction of sp³-hybridized carbons (Fsp3) is 0.615. The Morgan fingerprint density at radius 2 is 1.79 bits per heavy atom. The second-order valence-corrected chi connectivity index (χ2v) is 9.00. The van der Waals surface area contributed by atoms with Crippen molar-refractivity contribution < 1.29 is 24.2 Å². The van der Waals surface area contributed by atoms with Gasteiger partial charge in [0.2, 0.25) is 0 Å². The van der Waals surface area contributed by atoms with Crippen LogP contribution >= 0.6 is 11.6 Å². The second kappa shape index (κ2) is 14.9. The number of aliphatic carboxylic acids is 1. The summed E-state index contributed by atoms with van der Waals surface area (Å²) in [7, 11) is 1.65. The number of methoxy groups -OCH3 is 1. The maximum Gasteiger partial charge on any atom is 0.341 e. The number of carbonyl (C=O) groups is 2. The van der Waals surface area contributed by atoms with Crippen LogP contribution in [0.25, 0.3) is 10.9 Å². The SMILES string of the molecule is CCC.CC[C@@H](C)N(C(=O)c1c(Cl)c2cccc(OCC(=O)O)c2n1CCCCOC)C(C)C. The number of unbranched alkanes of at least 4 members (excludes halogenated alkanes) is 1. The Balaban J connectivity index is 0.00000182. The molecule has 0 spiro atoms. The van der Waals surface area contributed by atoms with E-state index >= 15 is 0 Å². The molecule has 1 heterocycles. The number of halogens is 1. The normalized spacial score (nSPS) is 11.8. The van der Waals surface area contributed by atoms with Gasteiger partial charge in [-0.3, -0.25) is 4.79 Å². The maximum atomic E-state index is 13.7. The lowest BCUT2D eigenvalue weighted by Crippen LogP contribution is -2.44. The van der Waals surface area contributed by atoms with Gasteiger partial charge in [-0.15, -0.1) is 0 Å². The van der Waals surface area contributed by atoms with E-state index in [1.54, 1.807) is 19.2 Å². The first-order chi connectivity index (χ1) is 16.2. The summed E-state index contributed by atoms with van der Waals surface area (Å²) in [6, 6.07) is 5.34. The van der Waals surface area contributed by atoms with E-state index in [1.807, 2.05) is 43.2 Å². The zero-order valence-corrected chi connectivity index (χ0v) is 22.4. The van der Waals surface area contributed by atoms with Crippen LogP contribution in [0.3, 0.4) is 0 Å². The number of ether oxygens (including phenoxy) is 2.